The Morgan fingerprint density at radius 1 is 1.53 bits per heavy atom. The number of hydrogen-bond donors (Lipinski definition) is 2. The van der Waals surface area contributed by atoms with E-state index < -0.39 is 5.97 Å². The molecular formula is C10H10N4O3. The van der Waals surface area contributed by atoms with Gasteiger partial charge in [-0.05, 0) is 6.07 Å². The maximum Gasteiger partial charge on any atom is 0.337 e. The van der Waals surface area contributed by atoms with Crippen LogP contribution >= 0.6 is 0 Å². The molecule has 0 bridgehead atoms. The fourth-order valence-corrected chi connectivity index (χ4v) is 1.23. The van der Waals surface area contributed by atoms with Crippen molar-refractivity contribution in [2.75, 3.05) is 5.73 Å². The molecular weight excluding hydrogens is 224 g/mol. The van der Waals surface area contributed by atoms with E-state index in [9.17, 15) is 4.79 Å². The summed E-state index contributed by atoms with van der Waals surface area (Å²) < 4.78 is 6.92. The number of aromatic nitrogens is 3. The van der Waals surface area contributed by atoms with Gasteiger partial charge < -0.3 is 15.6 Å². The third-order valence-corrected chi connectivity index (χ3v) is 2.02. The van der Waals surface area contributed by atoms with Crippen molar-refractivity contribution in [3.05, 3.63) is 30.2 Å². The summed E-state index contributed by atoms with van der Waals surface area (Å²) in [7, 11) is 1.75. The minimum atomic E-state index is -1.09. The van der Waals surface area contributed by atoms with Crippen LogP contribution in [-0.2, 0) is 7.05 Å². The van der Waals surface area contributed by atoms with Crippen molar-refractivity contribution in [1.29, 1.82) is 0 Å². The van der Waals surface area contributed by atoms with Gasteiger partial charge in [0.2, 0.25) is 5.88 Å². The van der Waals surface area contributed by atoms with E-state index in [1.54, 1.807) is 17.9 Å². The lowest BCUT2D eigenvalue weighted by atomic mass is 10.2. The summed E-state index contributed by atoms with van der Waals surface area (Å²) in [6.45, 7) is 0. The van der Waals surface area contributed by atoms with Crippen molar-refractivity contribution in [3.8, 4) is 11.6 Å². The number of aromatic carboxylic acids is 1. The van der Waals surface area contributed by atoms with Gasteiger partial charge in [-0.2, -0.15) is 5.10 Å². The second-order valence-corrected chi connectivity index (χ2v) is 3.38. The Labute approximate surface area is 96.5 Å². The second kappa shape index (κ2) is 4.12. The highest BCUT2D eigenvalue weighted by Crippen LogP contribution is 2.24. The molecule has 2 heterocycles. The zero-order valence-electron chi connectivity index (χ0n) is 8.99. The van der Waals surface area contributed by atoms with E-state index in [0.29, 0.717) is 5.75 Å². The quantitative estimate of drug-likeness (QED) is 0.817. The Morgan fingerprint density at radius 2 is 2.29 bits per heavy atom. The van der Waals surface area contributed by atoms with Gasteiger partial charge in [0, 0.05) is 13.2 Å². The fourth-order valence-electron chi connectivity index (χ4n) is 1.23. The van der Waals surface area contributed by atoms with Gasteiger partial charge in [-0.3, -0.25) is 4.68 Å². The van der Waals surface area contributed by atoms with Gasteiger partial charge in [-0.1, -0.05) is 0 Å². The van der Waals surface area contributed by atoms with E-state index in [4.69, 9.17) is 15.6 Å². The molecule has 2 aromatic heterocycles. The maximum atomic E-state index is 10.7. The van der Waals surface area contributed by atoms with Gasteiger partial charge in [-0.15, -0.1) is 0 Å². The van der Waals surface area contributed by atoms with Crippen LogP contribution in [0, 0.1) is 0 Å². The largest absolute Gasteiger partial charge is 0.478 e. The number of anilines is 1. The minimum absolute atomic E-state index is 0.0148. The molecule has 0 aliphatic rings. The second-order valence-electron chi connectivity index (χ2n) is 3.38. The lowest BCUT2D eigenvalue weighted by molar-refractivity contribution is 0.0696. The molecule has 0 amide bonds. The molecule has 0 aliphatic heterocycles. The summed E-state index contributed by atoms with van der Waals surface area (Å²) in [6.07, 6.45) is 4.34. The minimum Gasteiger partial charge on any atom is -0.478 e. The number of nitrogen functional groups attached to an aromatic ring is 1. The number of pyridine rings is 1. The van der Waals surface area contributed by atoms with E-state index >= 15 is 0 Å². The highest BCUT2D eigenvalue weighted by Gasteiger charge is 2.10. The first-order valence-corrected chi connectivity index (χ1v) is 4.71. The molecule has 0 saturated carbocycles. The Hall–Kier alpha value is -2.57. The molecule has 7 heteroatoms. The molecule has 88 valence electrons. The number of rotatable bonds is 3. The van der Waals surface area contributed by atoms with E-state index in [1.165, 1.54) is 18.5 Å². The normalized spacial score (nSPS) is 10.2. The summed E-state index contributed by atoms with van der Waals surface area (Å²) >= 11 is 0. The van der Waals surface area contributed by atoms with Gasteiger partial charge in [-0.25, -0.2) is 9.78 Å². The van der Waals surface area contributed by atoms with Crippen LogP contribution in [0.5, 0.6) is 11.6 Å². The van der Waals surface area contributed by atoms with Gasteiger partial charge in [0.25, 0.3) is 0 Å². The first-order valence-electron chi connectivity index (χ1n) is 4.71. The summed E-state index contributed by atoms with van der Waals surface area (Å²) in [5.74, 6) is -0.449. The zero-order chi connectivity index (χ0) is 12.4. The monoisotopic (exact) mass is 234 g/mol. The van der Waals surface area contributed by atoms with Gasteiger partial charge in [0.1, 0.15) is 0 Å². The van der Waals surface area contributed by atoms with Crippen molar-refractivity contribution in [2.45, 2.75) is 0 Å². The number of ether oxygens (including phenoxy) is 1. The number of hydrogen-bond acceptors (Lipinski definition) is 5. The summed E-state index contributed by atoms with van der Waals surface area (Å²) in [5.41, 5.74) is 5.81. The van der Waals surface area contributed by atoms with Crippen LogP contribution in [0.25, 0.3) is 0 Å². The van der Waals surface area contributed by atoms with Crippen LogP contribution < -0.4 is 10.5 Å². The van der Waals surface area contributed by atoms with Crippen LogP contribution in [-0.4, -0.2) is 25.8 Å². The molecule has 0 aliphatic carbocycles. The van der Waals surface area contributed by atoms with Crippen LogP contribution in [0.15, 0.2) is 24.7 Å². The number of aryl methyl sites for hydroxylation is 1. The maximum absolute atomic E-state index is 10.7. The predicted octanol–water partition coefficient (Wildman–Crippen LogP) is 0.888. The van der Waals surface area contributed by atoms with Crippen LogP contribution in [0.1, 0.15) is 10.4 Å². The summed E-state index contributed by atoms with van der Waals surface area (Å²) in [4.78, 5) is 14.5. The number of nitrogens with two attached hydrogens (primary N) is 1. The van der Waals surface area contributed by atoms with Crippen molar-refractivity contribution in [1.82, 2.24) is 14.8 Å². The highest BCUT2D eigenvalue weighted by molar-refractivity contribution is 5.88. The lowest BCUT2D eigenvalue weighted by Crippen LogP contribution is -2.01. The van der Waals surface area contributed by atoms with Gasteiger partial charge in [0.15, 0.2) is 5.75 Å². The molecule has 3 N–H and O–H groups in total. The third-order valence-electron chi connectivity index (χ3n) is 2.02. The first-order chi connectivity index (χ1) is 8.06. The smallest absolute Gasteiger partial charge is 0.337 e. The van der Waals surface area contributed by atoms with Gasteiger partial charge in [0.05, 0.1) is 23.6 Å². The molecule has 0 radical (unpaired) electrons. The molecule has 0 spiro atoms. The Kier molecular flexibility index (Phi) is 2.65. The van der Waals surface area contributed by atoms with E-state index in [1.807, 2.05) is 0 Å². The molecule has 0 aromatic carbocycles. The van der Waals surface area contributed by atoms with Crippen LogP contribution in [0.3, 0.4) is 0 Å². The van der Waals surface area contributed by atoms with Crippen molar-refractivity contribution >= 4 is 11.7 Å². The molecule has 0 atom stereocenters. The number of nitrogens with zero attached hydrogens (tertiary/aromatic N) is 3. The van der Waals surface area contributed by atoms with Crippen LogP contribution in [0.2, 0.25) is 0 Å². The van der Waals surface area contributed by atoms with E-state index in [2.05, 4.69) is 10.1 Å². The topological polar surface area (TPSA) is 103 Å². The third kappa shape index (κ3) is 2.33. The fraction of sp³-hybridized carbons (Fsp3) is 0.100. The number of carbonyl (C=O) groups is 1. The van der Waals surface area contributed by atoms with Crippen molar-refractivity contribution in [2.24, 2.45) is 7.05 Å². The molecule has 0 saturated heterocycles. The molecule has 17 heavy (non-hydrogen) atoms. The molecule has 0 fully saturated rings. The van der Waals surface area contributed by atoms with Gasteiger partial charge >= 0.3 is 5.97 Å². The standard InChI is InChI=1S/C10H10N4O3/c1-14-5-7(4-13-14)17-9-8(11)2-6(3-12-9)10(15)16/h2-5H,11H2,1H3,(H,15,16). The van der Waals surface area contributed by atoms with E-state index in [0.717, 1.165) is 0 Å². The average Bonchev–Trinajstić information content (AvgIpc) is 2.67. The molecule has 7 nitrogen and oxygen atoms in total. The SMILES string of the molecule is Cn1cc(Oc2ncc(C(=O)O)cc2N)cn1. The Balaban J connectivity index is 2.25. The summed E-state index contributed by atoms with van der Waals surface area (Å²) in [5, 5.41) is 12.7. The van der Waals surface area contributed by atoms with Crippen molar-refractivity contribution < 1.29 is 14.6 Å². The molecule has 2 aromatic rings. The number of carboxylic acid groups (broad SMARTS) is 1. The first kappa shape index (κ1) is 10.9. The predicted molar refractivity (Wildman–Crippen MR) is 58.9 cm³/mol. The van der Waals surface area contributed by atoms with E-state index in [-0.39, 0.29) is 17.1 Å². The number of carboxylic acids is 1. The summed E-state index contributed by atoms with van der Waals surface area (Å²) in [6, 6.07) is 1.29. The van der Waals surface area contributed by atoms with Crippen molar-refractivity contribution in [3.63, 3.8) is 0 Å². The lowest BCUT2D eigenvalue weighted by Gasteiger charge is -2.05. The Morgan fingerprint density at radius 3 is 2.82 bits per heavy atom. The van der Waals surface area contributed by atoms with Crippen LogP contribution in [0.4, 0.5) is 5.69 Å². The molecule has 2 rings (SSSR count). The Bertz CT molecular complexity index is 564. The highest BCUT2D eigenvalue weighted by atomic mass is 16.5. The zero-order valence-corrected chi connectivity index (χ0v) is 8.99. The average molecular weight is 234 g/mol. The molecule has 0 unspecified atom stereocenters.